The molecule has 1 heterocycles. The maximum absolute atomic E-state index is 12.7. The highest BCUT2D eigenvalue weighted by Gasteiger charge is 2.51. The average Bonchev–Trinajstić information content (AvgIpc) is 3.04. The molecule has 4 bridgehead atoms. The molecule has 3 N–H and O–H groups in total. The number of thioether (sulfide) groups is 1. The summed E-state index contributed by atoms with van der Waals surface area (Å²) < 4.78 is 7.06. The summed E-state index contributed by atoms with van der Waals surface area (Å²) >= 11 is 7.19. The van der Waals surface area contributed by atoms with Gasteiger partial charge in [0, 0.05) is 10.6 Å². The van der Waals surface area contributed by atoms with Gasteiger partial charge in [0.1, 0.15) is 12.4 Å². The fourth-order valence-corrected chi connectivity index (χ4v) is 6.71. The van der Waals surface area contributed by atoms with Gasteiger partial charge in [0.05, 0.1) is 5.75 Å². The van der Waals surface area contributed by atoms with Crippen LogP contribution in [0, 0.1) is 17.8 Å². The first-order valence-corrected chi connectivity index (χ1v) is 11.9. The highest BCUT2D eigenvalue weighted by Crippen LogP contribution is 2.55. The SMILES string of the molecule is Nn1c(COc2ccc(Cl)cc2)nnc1SCC(=O)NC12CC3CC(CC(C3)C1)C2. The summed E-state index contributed by atoms with van der Waals surface area (Å²) in [5, 5.41) is 12.7. The Morgan fingerprint density at radius 3 is 2.43 bits per heavy atom. The van der Waals surface area contributed by atoms with Crippen molar-refractivity contribution < 1.29 is 9.53 Å². The zero-order chi connectivity index (χ0) is 20.7. The molecule has 4 saturated carbocycles. The van der Waals surface area contributed by atoms with Crippen LogP contribution in [0.1, 0.15) is 44.3 Å². The Labute approximate surface area is 185 Å². The first kappa shape index (κ1) is 20.0. The standard InChI is InChI=1S/C21H26ClN5O2S/c22-16-1-3-17(4-2-16)29-11-18-25-26-20(27(18)23)30-12-19(28)24-21-8-13-5-14(9-21)7-15(6-13)10-21/h1-4,13-15H,5-12,23H2,(H,24,28). The van der Waals surface area contributed by atoms with E-state index in [0.29, 0.717) is 21.8 Å². The predicted octanol–water partition coefficient (Wildman–Crippen LogP) is 3.40. The minimum absolute atomic E-state index is 0.0281. The van der Waals surface area contributed by atoms with Crippen LogP contribution in [-0.2, 0) is 11.4 Å². The molecule has 160 valence electrons. The number of halogens is 1. The lowest BCUT2D eigenvalue weighted by atomic mass is 9.53. The normalized spacial score (nSPS) is 29.2. The molecule has 4 fully saturated rings. The molecule has 1 amide bonds. The second-order valence-electron chi connectivity index (χ2n) is 9.05. The van der Waals surface area contributed by atoms with Gasteiger partial charge in [-0.2, -0.15) is 0 Å². The Bertz CT molecular complexity index is 897. The number of carbonyl (C=O) groups excluding carboxylic acids is 1. The Balaban J connectivity index is 1.14. The van der Waals surface area contributed by atoms with Crippen LogP contribution < -0.4 is 15.9 Å². The molecule has 0 saturated heterocycles. The first-order chi connectivity index (χ1) is 14.5. The third-order valence-electron chi connectivity index (χ3n) is 6.69. The molecule has 4 aliphatic carbocycles. The van der Waals surface area contributed by atoms with Gasteiger partial charge in [-0.05, 0) is 80.5 Å². The molecular formula is C21H26ClN5O2S. The van der Waals surface area contributed by atoms with E-state index in [4.69, 9.17) is 22.2 Å². The van der Waals surface area contributed by atoms with Crippen molar-refractivity contribution in [1.29, 1.82) is 0 Å². The lowest BCUT2D eigenvalue weighted by molar-refractivity contribution is -0.124. The Hall–Kier alpha value is -1.93. The van der Waals surface area contributed by atoms with Gasteiger partial charge in [-0.15, -0.1) is 10.2 Å². The van der Waals surface area contributed by atoms with Crippen molar-refractivity contribution in [1.82, 2.24) is 20.2 Å². The molecule has 0 aliphatic heterocycles. The maximum atomic E-state index is 12.7. The topological polar surface area (TPSA) is 95.1 Å². The second-order valence-corrected chi connectivity index (χ2v) is 10.4. The van der Waals surface area contributed by atoms with Gasteiger partial charge in [0.2, 0.25) is 11.1 Å². The molecule has 0 radical (unpaired) electrons. The quantitative estimate of drug-likeness (QED) is 0.499. The zero-order valence-corrected chi connectivity index (χ0v) is 18.3. The number of aromatic nitrogens is 3. The van der Waals surface area contributed by atoms with Crippen molar-refractivity contribution in [3.05, 3.63) is 35.1 Å². The highest BCUT2D eigenvalue weighted by atomic mass is 35.5. The monoisotopic (exact) mass is 447 g/mol. The fraction of sp³-hybridized carbons (Fsp3) is 0.571. The van der Waals surface area contributed by atoms with E-state index in [0.717, 1.165) is 37.0 Å². The summed E-state index contributed by atoms with van der Waals surface area (Å²) in [6.45, 7) is 0.186. The van der Waals surface area contributed by atoms with Crippen LogP contribution in [0.2, 0.25) is 5.02 Å². The van der Waals surface area contributed by atoms with Crippen LogP contribution in [0.3, 0.4) is 0 Å². The summed E-state index contributed by atoms with van der Waals surface area (Å²) in [6.07, 6.45) is 7.53. The molecule has 0 spiro atoms. The number of carbonyl (C=O) groups is 1. The first-order valence-electron chi connectivity index (χ1n) is 10.5. The van der Waals surface area contributed by atoms with E-state index >= 15 is 0 Å². The molecule has 0 atom stereocenters. The molecular weight excluding hydrogens is 422 g/mol. The Kier molecular flexibility index (Phi) is 5.31. The number of nitrogens with two attached hydrogens (primary N) is 1. The lowest BCUT2D eigenvalue weighted by Gasteiger charge is -2.56. The lowest BCUT2D eigenvalue weighted by Crippen LogP contribution is -2.60. The molecule has 2 aromatic rings. The van der Waals surface area contributed by atoms with Gasteiger partial charge in [-0.3, -0.25) is 4.79 Å². The largest absolute Gasteiger partial charge is 0.486 e. The summed E-state index contributed by atoms with van der Waals surface area (Å²) in [7, 11) is 0. The number of nitrogens with one attached hydrogen (secondary N) is 1. The number of rotatable bonds is 7. The van der Waals surface area contributed by atoms with Gasteiger partial charge in [-0.25, -0.2) is 4.68 Å². The molecule has 7 nitrogen and oxygen atoms in total. The highest BCUT2D eigenvalue weighted by molar-refractivity contribution is 7.99. The van der Waals surface area contributed by atoms with Crippen LogP contribution in [-0.4, -0.2) is 32.1 Å². The number of nitrogens with zero attached hydrogens (tertiary/aromatic N) is 3. The molecule has 9 heteroatoms. The van der Waals surface area contributed by atoms with Crippen LogP contribution in [0.25, 0.3) is 0 Å². The molecule has 0 unspecified atom stereocenters. The van der Waals surface area contributed by atoms with Gasteiger partial charge in [-0.1, -0.05) is 23.4 Å². The number of nitrogen functional groups attached to an aromatic ring is 1. The number of ether oxygens (including phenoxy) is 1. The van der Waals surface area contributed by atoms with Gasteiger partial charge in [0.15, 0.2) is 5.82 Å². The summed E-state index contributed by atoms with van der Waals surface area (Å²) in [4.78, 5) is 12.7. The molecule has 1 aromatic carbocycles. The van der Waals surface area contributed by atoms with Crippen LogP contribution in [0.4, 0.5) is 0 Å². The minimum Gasteiger partial charge on any atom is -0.486 e. The smallest absolute Gasteiger partial charge is 0.230 e. The number of hydrogen-bond donors (Lipinski definition) is 2. The van der Waals surface area contributed by atoms with E-state index in [2.05, 4.69) is 15.5 Å². The zero-order valence-electron chi connectivity index (χ0n) is 16.7. The number of hydrogen-bond acceptors (Lipinski definition) is 6. The van der Waals surface area contributed by atoms with E-state index in [1.165, 1.54) is 35.7 Å². The third-order valence-corrected chi connectivity index (χ3v) is 7.89. The van der Waals surface area contributed by atoms with Crippen molar-refractivity contribution in [2.45, 2.75) is 55.8 Å². The third kappa shape index (κ3) is 4.12. The molecule has 30 heavy (non-hydrogen) atoms. The van der Waals surface area contributed by atoms with Crippen molar-refractivity contribution >= 4 is 29.3 Å². The van der Waals surface area contributed by atoms with Gasteiger partial charge >= 0.3 is 0 Å². The summed E-state index contributed by atoms with van der Waals surface area (Å²) in [5.74, 6) is 10.0. The van der Waals surface area contributed by atoms with Crippen LogP contribution in [0.15, 0.2) is 29.4 Å². The Morgan fingerprint density at radius 2 is 1.80 bits per heavy atom. The molecule has 1 aromatic heterocycles. The second kappa shape index (κ2) is 7.96. The van der Waals surface area contributed by atoms with E-state index in [-0.39, 0.29) is 23.8 Å². The van der Waals surface area contributed by atoms with Crippen LogP contribution >= 0.6 is 23.4 Å². The van der Waals surface area contributed by atoms with E-state index in [1.807, 2.05) is 0 Å². The van der Waals surface area contributed by atoms with Gasteiger partial charge in [0.25, 0.3) is 0 Å². The Morgan fingerprint density at radius 1 is 1.17 bits per heavy atom. The average molecular weight is 448 g/mol. The van der Waals surface area contributed by atoms with Gasteiger partial charge < -0.3 is 15.9 Å². The van der Waals surface area contributed by atoms with Crippen molar-refractivity contribution in [2.24, 2.45) is 17.8 Å². The van der Waals surface area contributed by atoms with E-state index < -0.39 is 0 Å². The van der Waals surface area contributed by atoms with E-state index in [1.54, 1.807) is 24.3 Å². The van der Waals surface area contributed by atoms with Crippen molar-refractivity contribution in [2.75, 3.05) is 11.6 Å². The predicted molar refractivity (Wildman–Crippen MR) is 116 cm³/mol. The molecule has 6 rings (SSSR count). The minimum atomic E-state index is 0.0281. The van der Waals surface area contributed by atoms with Crippen molar-refractivity contribution in [3.63, 3.8) is 0 Å². The number of amides is 1. The summed E-state index contributed by atoms with van der Waals surface area (Å²) in [6, 6.07) is 7.08. The van der Waals surface area contributed by atoms with Crippen LogP contribution in [0.5, 0.6) is 5.75 Å². The van der Waals surface area contributed by atoms with E-state index in [9.17, 15) is 4.79 Å². The fourth-order valence-electron chi connectivity index (χ4n) is 5.91. The number of benzene rings is 1. The summed E-state index contributed by atoms with van der Waals surface area (Å²) in [5.41, 5.74) is 0.0281. The maximum Gasteiger partial charge on any atom is 0.230 e. The van der Waals surface area contributed by atoms with Crippen molar-refractivity contribution in [3.8, 4) is 5.75 Å². The molecule has 4 aliphatic rings.